The van der Waals surface area contributed by atoms with Crippen LogP contribution < -0.4 is 5.32 Å². The van der Waals surface area contributed by atoms with Crippen molar-refractivity contribution in [2.75, 3.05) is 0 Å². The Morgan fingerprint density at radius 2 is 2.00 bits per heavy atom. The van der Waals surface area contributed by atoms with Crippen LogP contribution >= 0.6 is 11.6 Å². The number of nitrogens with zero attached hydrogens (tertiary/aromatic N) is 2. The molecule has 2 aromatic heterocycles. The van der Waals surface area contributed by atoms with E-state index in [0.29, 0.717) is 16.8 Å². The normalized spacial score (nSPS) is 17.1. The molecule has 20 heavy (non-hydrogen) atoms. The molecule has 1 saturated carbocycles. The Hall–Kier alpha value is -1.55. The van der Waals surface area contributed by atoms with Crippen molar-refractivity contribution in [1.82, 2.24) is 14.9 Å². The van der Waals surface area contributed by atoms with Gasteiger partial charge in [-0.15, -0.1) is 0 Å². The molecule has 0 aromatic carbocycles. The van der Waals surface area contributed by atoms with Crippen molar-refractivity contribution in [3.63, 3.8) is 0 Å². The van der Waals surface area contributed by atoms with Gasteiger partial charge in [0.05, 0.1) is 10.5 Å². The Balaban J connectivity index is 1.74. The van der Waals surface area contributed by atoms with Crippen LogP contribution in [-0.2, 0) is 0 Å². The maximum atomic E-state index is 12.3. The van der Waals surface area contributed by atoms with Crippen molar-refractivity contribution in [2.24, 2.45) is 0 Å². The predicted molar refractivity (Wildman–Crippen MR) is 79.2 cm³/mol. The lowest BCUT2D eigenvalue weighted by Crippen LogP contribution is -2.34. The van der Waals surface area contributed by atoms with Gasteiger partial charge in [-0.25, -0.2) is 4.52 Å². The minimum atomic E-state index is -0.0864. The van der Waals surface area contributed by atoms with Gasteiger partial charge < -0.3 is 5.32 Å². The largest absolute Gasteiger partial charge is 0.348 e. The first-order chi connectivity index (χ1) is 9.72. The van der Waals surface area contributed by atoms with E-state index in [9.17, 15) is 4.79 Å². The molecule has 0 unspecified atom stereocenters. The van der Waals surface area contributed by atoms with E-state index >= 15 is 0 Å². The van der Waals surface area contributed by atoms with Crippen molar-refractivity contribution in [1.29, 1.82) is 0 Å². The van der Waals surface area contributed by atoms with Crippen molar-refractivity contribution >= 4 is 23.0 Å². The Labute approximate surface area is 123 Å². The van der Waals surface area contributed by atoms with E-state index in [0.717, 1.165) is 18.4 Å². The molecule has 4 nitrogen and oxygen atoms in total. The van der Waals surface area contributed by atoms with E-state index in [1.807, 2.05) is 6.07 Å². The van der Waals surface area contributed by atoms with Crippen LogP contribution in [0.2, 0.25) is 5.02 Å². The number of pyridine rings is 1. The van der Waals surface area contributed by atoms with Gasteiger partial charge in [0.1, 0.15) is 0 Å². The van der Waals surface area contributed by atoms with E-state index < -0.39 is 0 Å². The highest BCUT2D eigenvalue weighted by atomic mass is 35.5. The number of amides is 1. The average Bonchev–Trinajstić information content (AvgIpc) is 2.68. The predicted octanol–water partition coefficient (Wildman–Crippen LogP) is 3.44. The number of hydrogen-bond acceptors (Lipinski definition) is 2. The van der Waals surface area contributed by atoms with Crippen LogP contribution in [0.25, 0.3) is 5.52 Å². The second-order valence-electron chi connectivity index (χ2n) is 5.41. The molecule has 0 spiro atoms. The average molecular weight is 292 g/mol. The van der Waals surface area contributed by atoms with Gasteiger partial charge >= 0.3 is 0 Å². The molecule has 106 valence electrons. The number of fused-ring (bicyclic) bond motifs is 1. The van der Waals surface area contributed by atoms with Crippen molar-refractivity contribution in [3.05, 3.63) is 35.1 Å². The molecule has 0 atom stereocenters. The van der Waals surface area contributed by atoms with Crippen LogP contribution in [-0.4, -0.2) is 21.6 Å². The molecule has 0 saturated heterocycles. The smallest absolute Gasteiger partial charge is 0.272 e. The summed E-state index contributed by atoms with van der Waals surface area (Å²) < 4.78 is 1.64. The molecular weight excluding hydrogens is 274 g/mol. The molecule has 0 bridgehead atoms. The van der Waals surface area contributed by atoms with Gasteiger partial charge in [0, 0.05) is 12.2 Å². The number of aromatic nitrogens is 2. The van der Waals surface area contributed by atoms with Crippen molar-refractivity contribution < 1.29 is 4.79 Å². The topological polar surface area (TPSA) is 46.4 Å². The molecule has 1 aliphatic rings. The first kappa shape index (κ1) is 13.4. The Morgan fingerprint density at radius 1 is 1.25 bits per heavy atom. The monoisotopic (exact) mass is 291 g/mol. The lowest BCUT2D eigenvalue weighted by atomic mass is 10.1. The van der Waals surface area contributed by atoms with Gasteiger partial charge in [-0.2, -0.15) is 5.10 Å². The summed E-state index contributed by atoms with van der Waals surface area (Å²) >= 11 is 5.92. The third-order valence-electron chi connectivity index (χ3n) is 3.85. The van der Waals surface area contributed by atoms with E-state index in [2.05, 4.69) is 10.4 Å². The standard InChI is InChI=1S/C15H18ClN3O/c16-11-7-8-13-9-14(18-19(13)10-11)15(20)17-12-5-3-1-2-4-6-12/h7-10,12H,1-6H2,(H,17,20). The minimum Gasteiger partial charge on any atom is -0.348 e. The zero-order chi connectivity index (χ0) is 13.9. The van der Waals surface area contributed by atoms with E-state index in [1.54, 1.807) is 22.8 Å². The summed E-state index contributed by atoms with van der Waals surface area (Å²) in [5.41, 5.74) is 1.33. The molecule has 2 aromatic rings. The van der Waals surface area contributed by atoms with Crippen molar-refractivity contribution in [2.45, 2.75) is 44.6 Å². The van der Waals surface area contributed by atoms with Gasteiger partial charge in [-0.1, -0.05) is 37.3 Å². The van der Waals surface area contributed by atoms with Gasteiger partial charge in [-0.3, -0.25) is 4.79 Å². The fourth-order valence-corrected chi connectivity index (χ4v) is 2.91. The maximum Gasteiger partial charge on any atom is 0.272 e. The van der Waals surface area contributed by atoms with Crippen LogP contribution in [0.15, 0.2) is 24.4 Å². The molecule has 2 heterocycles. The molecule has 0 aliphatic heterocycles. The fourth-order valence-electron chi connectivity index (χ4n) is 2.76. The minimum absolute atomic E-state index is 0.0864. The lowest BCUT2D eigenvalue weighted by Gasteiger charge is -2.14. The zero-order valence-corrected chi connectivity index (χ0v) is 12.1. The second-order valence-corrected chi connectivity index (χ2v) is 5.84. The Morgan fingerprint density at radius 3 is 2.75 bits per heavy atom. The first-order valence-corrected chi connectivity index (χ1v) is 7.56. The van der Waals surface area contributed by atoms with Crippen LogP contribution in [0.3, 0.4) is 0 Å². The Kier molecular flexibility index (Phi) is 3.92. The molecule has 1 aliphatic carbocycles. The highest BCUT2D eigenvalue weighted by Gasteiger charge is 2.17. The SMILES string of the molecule is O=C(NC1CCCCCC1)c1cc2ccc(Cl)cn2n1. The number of carbonyl (C=O) groups is 1. The van der Waals surface area contributed by atoms with Gasteiger partial charge in [0.2, 0.25) is 0 Å². The van der Waals surface area contributed by atoms with Crippen LogP contribution in [0.4, 0.5) is 0 Å². The van der Waals surface area contributed by atoms with Crippen LogP contribution in [0, 0.1) is 0 Å². The van der Waals surface area contributed by atoms with Gasteiger partial charge in [0.25, 0.3) is 5.91 Å². The fraction of sp³-hybridized carbons (Fsp3) is 0.467. The quantitative estimate of drug-likeness (QED) is 0.862. The lowest BCUT2D eigenvalue weighted by molar-refractivity contribution is 0.0928. The summed E-state index contributed by atoms with van der Waals surface area (Å²) in [6.45, 7) is 0. The molecule has 3 rings (SSSR count). The molecule has 5 heteroatoms. The van der Waals surface area contributed by atoms with E-state index in [-0.39, 0.29) is 5.91 Å². The summed E-state index contributed by atoms with van der Waals surface area (Å²) in [6, 6.07) is 5.74. The summed E-state index contributed by atoms with van der Waals surface area (Å²) in [6.07, 6.45) is 8.81. The van der Waals surface area contributed by atoms with Crippen molar-refractivity contribution in [3.8, 4) is 0 Å². The highest BCUT2D eigenvalue weighted by molar-refractivity contribution is 6.30. The third-order valence-corrected chi connectivity index (χ3v) is 4.07. The third kappa shape index (κ3) is 2.96. The molecular formula is C15H18ClN3O. The summed E-state index contributed by atoms with van der Waals surface area (Å²) in [4.78, 5) is 12.3. The first-order valence-electron chi connectivity index (χ1n) is 7.18. The number of halogens is 1. The van der Waals surface area contributed by atoms with E-state index in [1.165, 1.54) is 25.7 Å². The van der Waals surface area contributed by atoms with Crippen LogP contribution in [0.1, 0.15) is 49.0 Å². The van der Waals surface area contributed by atoms with E-state index in [4.69, 9.17) is 11.6 Å². The maximum absolute atomic E-state index is 12.3. The molecule has 1 fully saturated rings. The summed E-state index contributed by atoms with van der Waals surface area (Å²) in [7, 11) is 0. The number of carbonyl (C=O) groups excluding carboxylic acids is 1. The van der Waals surface area contributed by atoms with Crippen LogP contribution in [0.5, 0.6) is 0 Å². The van der Waals surface area contributed by atoms with Gasteiger partial charge in [-0.05, 0) is 31.0 Å². The molecule has 1 N–H and O–H groups in total. The highest BCUT2D eigenvalue weighted by Crippen LogP contribution is 2.18. The zero-order valence-electron chi connectivity index (χ0n) is 11.3. The summed E-state index contributed by atoms with van der Waals surface area (Å²) in [5.74, 6) is -0.0864. The summed E-state index contributed by atoms with van der Waals surface area (Å²) in [5, 5.41) is 7.99. The molecule has 0 radical (unpaired) electrons. The number of hydrogen-bond donors (Lipinski definition) is 1. The number of rotatable bonds is 2. The molecule has 1 amide bonds. The van der Waals surface area contributed by atoms with Gasteiger partial charge in [0.15, 0.2) is 5.69 Å². The number of nitrogens with one attached hydrogen (secondary N) is 1. The Bertz CT molecular complexity index is 615. The second kappa shape index (κ2) is 5.83.